The number of hydrogen-bond acceptors (Lipinski definition) is 29. The third-order valence-electron chi connectivity index (χ3n) is 16.3. The number of aliphatic carboxylic acids is 7. The van der Waals surface area contributed by atoms with Crippen LogP contribution in [0.4, 0.5) is 0 Å². The summed E-state index contributed by atoms with van der Waals surface area (Å²) in [6.45, 7) is 8.06. The number of carboxylic acid groups (broad SMARTS) is 7. The number of hydrazone groups is 7. The lowest BCUT2D eigenvalue weighted by Crippen LogP contribution is -2.69. The molecule has 27 N–H and O–H groups in total. The third-order valence-corrected chi connectivity index (χ3v) is 16.3. The van der Waals surface area contributed by atoms with E-state index in [1.54, 1.807) is 98.7 Å². The molecule has 39 nitrogen and oxygen atoms in total. The second-order valence-corrected chi connectivity index (χ2v) is 28.1. The second-order valence-electron chi connectivity index (χ2n) is 28.1. The van der Waals surface area contributed by atoms with Crippen LogP contribution in [0.1, 0.15) is 117 Å². The number of Topliss-reactive ketones (excluding diaryl/α,β-unsaturated/α-hetero) is 1. The number of rotatable bonds is 39. The van der Waals surface area contributed by atoms with Crippen molar-refractivity contribution in [1.29, 1.82) is 0 Å². The van der Waals surface area contributed by atoms with Gasteiger partial charge in [-0.3, -0.25) is 19.2 Å². The molecule has 39 heteroatoms. The maximum Gasteiger partial charge on any atom is 0.236 e. The van der Waals surface area contributed by atoms with Crippen LogP contribution in [0.3, 0.4) is 0 Å². The summed E-state index contributed by atoms with van der Waals surface area (Å²) in [4.78, 5) is 117. The average molecular weight is 1730 g/mol. The van der Waals surface area contributed by atoms with E-state index >= 15 is 0 Å². The lowest BCUT2D eigenvalue weighted by atomic mass is 10.0. The van der Waals surface area contributed by atoms with Gasteiger partial charge in [-0.15, -0.1) is 0 Å². The van der Waals surface area contributed by atoms with Crippen LogP contribution in [0, 0.1) is 0 Å². The van der Waals surface area contributed by atoms with E-state index in [9.17, 15) is 88.5 Å². The molecule has 3 amide bonds. The zero-order valence-corrected chi connectivity index (χ0v) is 71.6. The number of quaternary nitrogens is 7. The summed E-state index contributed by atoms with van der Waals surface area (Å²) in [6.07, 6.45) is 14.8. The van der Waals surface area contributed by atoms with Gasteiger partial charge < -0.3 is 131 Å². The standard InChI is InChI=1S/C13H15N3O4.C13H17N3O3.C13H19N3O2.C12H15N3O3.2C12H17N3O2.C11H15N3O2/c1-8(17)16-15-7-12(18)10-4-2-9(3-5-10)6-11(14)13(19)20;1-9(17)16-15-7-6-10-2-4-11(5-3-10)8-12(14)13(18)19;1-9(2)16-15-8-11-5-3-10(4-6-11)7-12(14)13(17)18;1-8(16)15-14-7-10-4-2-9(3-5-10)6-11(13)12(17)18;1-15(2)14-8-10-5-3-9(4-6-10)7-11(13)12(16)17;1-14-15-7-6-9-2-4-10(5-3-9)8-11(13)12(16)17;1-13-14-7-9-4-2-8(3-5-9)6-10(12)11(15)16/h2-5,7,11H,6,14H2,1H3,(H,16,17)(H,19,20);2-5,7,12H,6,8,14H2,1H3,(H,16,17)(H,18,19);3-6,8-9,12,16H,7,14H2,1-2H3,(H,17,18);2-5,7,11H,6,13H2,1H3,(H,15,16)(H,17,18);3-6,8,11H,7,13H2,1-2H3,(H,16,17);2-5,7,11,14H,6,8,13H2,1H3,(H,16,17);2-5,7,10,13H,6,12H2,1H3,(H,15,16)/b2*15-7+;15-8+;14-7+;14-8+;15-7+;14-7+. The number of carboxylic acids is 7. The van der Waals surface area contributed by atoms with Gasteiger partial charge in [0.15, 0.2) is 0 Å². The van der Waals surface area contributed by atoms with E-state index in [2.05, 4.69) is 108 Å². The van der Waals surface area contributed by atoms with Gasteiger partial charge in [0.1, 0.15) is 42.3 Å². The molecule has 7 aromatic carbocycles. The van der Waals surface area contributed by atoms with Crippen LogP contribution < -0.4 is 108 Å². The van der Waals surface area contributed by atoms with Crippen molar-refractivity contribution in [3.63, 3.8) is 0 Å². The van der Waals surface area contributed by atoms with Crippen LogP contribution in [0.25, 0.3) is 0 Å². The summed E-state index contributed by atoms with van der Waals surface area (Å²) in [7, 11) is 7.15. The molecule has 0 spiro atoms. The van der Waals surface area contributed by atoms with Crippen LogP contribution in [-0.2, 0) is 106 Å². The number of amides is 3. The first kappa shape index (κ1) is 109. The van der Waals surface area contributed by atoms with Crippen molar-refractivity contribution in [1.82, 2.24) is 37.6 Å². The molecule has 0 fully saturated rings. The van der Waals surface area contributed by atoms with Crippen molar-refractivity contribution < 1.29 is 129 Å². The smallest absolute Gasteiger partial charge is 0.236 e. The molecule has 0 aliphatic carbocycles. The molecule has 125 heavy (non-hydrogen) atoms. The minimum absolute atomic E-state index is 0.213. The van der Waals surface area contributed by atoms with Crippen LogP contribution in [0.5, 0.6) is 0 Å². The van der Waals surface area contributed by atoms with Crippen LogP contribution >= 0.6 is 0 Å². The lowest BCUT2D eigenvalue weighted by molar-refractivity contribution is -0.437. The Morgan fingerprint density at radius 3 is 0.816 bits per heavy atom. The lowest BCUT2D eigenvalue weighted by Gasteiger charge is -2.09. The molecule has 0 heterocycles. The number of nitrogens with one attached hydrogen (secondary N) is 6. The molecule has 7 unspecified atom stereocenters. The molecule has 0 aliphatic heterocycles. The van der Waals surface area contributed by atoms with Gasteiger partial charge in [0, 0.05) is 131 Å². The van der Waals surface area contributed by atoms with Gasteiger partial charge >= 0.3 is 0 Å². The fraction of sp³-hybridized carbons (Fsp3) is 0.302. The van der Waals surface area contributed by atoms with E-state index < -0.39 is 84.1 Å². The van der Waals surface area contributed by atoms with E-state index in [1.165, 1.54) is 27.0 Å². The first-order chi connectivity index (χ1) is 59.1. The first-order valence-electron chi connectivity index (χ1n) is 38.8. The van der Waals surface area contributed by atoms with Gasteiger partial charge in [-0.1, -0.05) is 170 Å². The molecule has 0 saturated carbocycles. The number of hydrogen-bond donors (Lipinski definition) is 13. The Hall–Kier alpha value is -14.5. The van der Waals surface area contributed by atoms with Gasteiger partial charge in [0.05, 0.1) is 72.9 Å². The number of carbonyl (C=O) groups excluding carboxylic acids is 11. The highest BCUT2D eigenvalue weighted by atomic mass is 16.4. The fourth-order valence-electron chi connectivity index (χ4n) is 9.53. The van der Waals surface area contributed by atoms with Crippen molar-refractivity contribution >= 4 is 109 Å². The minimum atomic E-state index is -1.22. The highest BCUT2D eigenvalue weighted by Crippen LogP contribution is 2.12. The quantitative estimate of drug-likeness (QED) is 0.00967. The fourth-order valence-corrected chi connectivity index (χ4v) is 9.53. The van der Waals surface area contributed by atoms with Crippen LogP contribution in [0.15, 0.2) is 206 Å². The summed E-state index contributed by atoms with van der Waals surface area (Å²) in [5.41, 5.74) is 52.0. The molecule has 7 atom stereocenters. The van der Waals surface area contributed by atoms with E-state index in [-0.39, 0.29) is 29.9 Å². The summed E-state index contributed by atoms with van der Waals surface area (Å²) in [5, 5.41) is 102. The maximum atomic E-state index is 11.7. The van der Waals surface area contributed by atoms with E-state index in [4.69, 9.17) is 0 Å². The first-order valence-corrected chi connectivity index (χ1v) is 38.8. The Bertz CT molecular complexity index is 4690. The SMILES string of the molecule is CC(=O)N/N=C/C(=O)c1ccc(CC([NH3+])C(=O)[O-])cc1.CC(=O)N/N=C/Cc1ccc(CC([NH3+])C(=O)[O-])cc1.CC(=O)N/N=C/c1ccc(CC([NH3+])C(=O)[O-])cc1.CC(C)N/N=C/c1ccc(CC([NH3+])C(=O)[O-])cc1.CN(C)/N=C/c1ccc(CC([NH3+])C(=O)[O-])cc1.CN/N=C/Cc1ccc(CC([NH3+])C(=O)[O-])cc1.CN/N=C/c1ccc(CC([NH3+])C(=O)[O-])cc1. The van der Waals surface area contributed by atoms with Gasteiger partial charge in [-0.25, -0.2) is 16.3 Å². The average Bonchev–Trinajstić information content (AvgIpc) is 0.885. The monoisotopic (exact) mass is 1730 g/mol. The highest BCUT2D eigenvalue weighted by molar-refractivity contribution is 6.35. The molecule has 672 valence electrons. The van der Waals surface area contributed by atoms with Gasteiger partial charge in [0.25, 0.3) is 0 Å². The summed E-state index contributed by atoms with van der Waals surface area (Å²) in [6, 6.07) is 46.4. The summed E-state index contributed by atoms with van der Waals surface area (Å²) >= 11 is 0. The molecule has 7 rings (SSSR count). The van der Waals surface area contributed by atoms with Gasteiger partial charge in [-0.05, 0) is 86.2 Å². The Kier molecular flexibility index (Phi) is 53.6. The molecule has 0 bridgehead atoms. The van der Waals surface area contributed by atoms with E-state index in [0.29, 0.717) is 56.6 Å². The van der Waals surface area contributed by atoms with Gasteiger partial charge in [0.2, 0.25) is 23.5 Å². The predicted octanol–water partition coefficient (Wildman–Crippen LogP) is -11.9. The Labute approximate surface area is 724 Å². The summed E-state index contributed by atoms with van der Waals surface area (Å²) in [5.74, 6) is -9.19. The molecule has 0 aliphatic rings. The molecular weight excluding hydrogens is 1620 g/mol. The Morgan fingerprint density at radius 2 is 0.552 bits per heavy atom. The molecule has 7 aromatic rings. The minimum Gasteiger partial charge on any atom is -0.544 e. The largest absolute Gasteiger partial charge is 0.544 e. The second kappa shape index (κ2) is 61.8. The molecule has 0 aromatic heterocycles. The zero-order valence-electron chi connectivity index (χ0n) is 71.6. The Morgan fingerprint density at radius 1 is 0.320 bits per heavy atom. The molecular formula is C86H115N21O18. The molecule has 0 radical (unpaired) electrons. The normalized spacial score (nSPS) is 12.5. The van der Waals surface area contributed by atoms with Crippen molar-refractivity contribution in [2.45, 2.75) is 141 Å². The maximum absolute atomic E-state index is 11.7. The number of benzene rings is 7. The highest BCUT2D eigenvalue weighted by Gasteiger charge is 2.15. The molecule has 0 saturated heterocycles. The third kappa shape index (κ3) is 53.0. The topological polar surface area (TPSA) is 705 Å². The Balaban J connectivity index is 0.000000730. The van der Waals surface area contributed by atoms with E-state index in [0.717, 1.165) is 85.0 Å². The summed E-state index contributed by atoms with van der Waals surface area (Å²) < 4.78 is 0. The van der Waals surface area contributed by atoms with Crippen molar-refractivity contribution in [2.75, 3.05) is 28.2 Å². The van der Waals surface area contributed by atoms with E-state index in [1.807, 2.05) is 149 Å². The van der Waals surface area contributed by atoms with Crippen molar-refractivity contribution in [3.05, 3.63) is 248 Å². The van der Waals surface area contributed by atoms with Crippen molar-refractivity contribution in [2.24, 2.45) is 35.7 Å². The number of nitrogens with zero attached hydrogens (tertiary/aromatic N) is 8. The van der Waals surface area contributed by atoms with Crippen molar-refractivity contribution in [3.8, 4) is 0 Å². The van der Waals surface area contributed by atoms with Gasteiger partial charge in [-0.2, -0.15) is 35.7 Å². The predicted molar refractivity (Wildman–Crippen MR) is 452 cm³/mol. The zero-order chi connectivity index (χ0) is 93.9. The van der Waals surface area contributed by atoms with Crippen LogP contribution in [-0.4, -0.2) is 190 Å². The number of carbonyl (C=O) groups is 11. The number of ketones is 1. The van der Waals surface area contributed by atoms with Crippen LogP contribution in [0.2, 0.25) is 0 Å².